The van der Waals surface area contributed by atoms with Crippen molar-refractivity contribution in [3.8, 4) is 0 Å². The first-order chi connectivity index (χ1) is 11.9. The molecular formula is C19H25FN2O3. The quantitative estimate of drug-likeness (QED) is 0.909. The number of benzene rings is 1. The Morgan fingerprint density at radius 1 is 1.32 bits per heavy atom. The van der Waals surface area contributed by atoms with E-state index >= 15 is 0 Å². The third-order valence-electron chi connectivity index (χ3n) is 5.42. The zero-order valence-electron chi connectivity index (χ0n) is 14.6. The van der Waals surface area contributed by atoms with E-state index in [9.17, 15) is 19.1 Å². The molecule has 136 valence electrons. The predicted octanol–water partition coefficient (Wildman–Crippen LogP) is 2.05. The van der Waals surface area contributed by atoms with Crippen molar-refractivity contribution in [3.05, 3.63) is 35.6 Å². The number of carbonyl (C=O) groups is 2. The van der Waals surface area contributed by atoms with Crippen molar-refractivity contribution in [2.45, 2.75) is 38.7 Å². The Morgan fingerprint density at radius 2 is 2.04 bits per heavy atom. The van der Waals surface area contributed by atoms with Gasteiger partial charge in [0.25, 0.3) is 5.91 Å². The molecule has 0 radical (unpaired) electrons. The van der Waals surface area contributed by atoms with Crippen LogP contribution in [0.1, 0.15) is 43.0 Å². The van der Waals surface area contributed by atoms with Crippen LogP contribution in [0.3, 0.4) is 0 Å². The summed E-state index contributed by atoms with van der Waals surface area (Å²) >= 11 is 0. The SMILES string of the molecule is C[C@@H](O)CN1CC2(CCC1=O)CCN(C(=O)c1cccc(F)c1)CC2. The van der Waals surface area contributed by atoms with Gasteiger partial charge in [0.1, 0.15) is 5.82 Å². The summed E-state index contributed by atoms with van der Waals surface area (Å²) in [7, 11) is 0. The zero-order chi connectivity index (χ0) is 18.0. The first-order valence-corrected chi connectivity index (χ1v) is 8.89. The Morgan fingerprint density at radius 3 is 2.68 bits per heavy atom. The summed E-state index contributed by atoms with van der Waals surface area (Å²) in [4.78, 5) is 28.1. The van der Waals surface area contributed by atoms with Crippen molar-refractivity contribution < 1.29 is 19.1 Å². The van der Waals surface area contributed by atoms with E-state index in [0.717, 1.165) is 19.3 Å². The smallest absolute Gasteiger partial charge is 0.253 e. The number of hydrogen-bond donors (Lipinski definition) is 1. The molecule has 0 aromatic heterocycles. The highest BCUT2D eigenvalue weighted by Crippen LogP contribution is 2.40. The second-order valence-corrected chi connectivity index (χ2v) is 7.43. The molecule has 6 heteroatoms. The van der Waals surface area contributed by atoms with E-state index in [1.54, 1.807) is 28.9 Å². The molecule has 1 aromatic rings. The van der Waals surface area contributed by atoms with Gasteiger partial charge in [0.15, 0.2) is 0 Å². The lowest BCUT2D eigenvalue weighted by Gasteiger charge is -2.47. The molecule has 0 saturated carbocycles. The van der Waals surface area contributed by atoms with E-state index in [1.165, 1.54) is 12.1 Å². The molecule has 25 heavy (non-hydrogen) atoms. The summed E-state index contributed by atoms with van der Waals surface area (Å²) in [6.45, 7) is 3.94. The number of hydrogen-bond acceptors (Lipinski definition) is 3. The number of halogens is 1. The molecule has 1 N–H and O–H groups in total. The van der Waals surface area contributed by atoms with Crippen LogP contribution in [0.4, 0.5) is 4.39 Å². The third-order valence-corrected chi connectivity index (χ3v) is 5.42. The molecule has 0 bridgehead atoms. The number of rotatable bonds is 3. The Labute approximate surface area is 147 Å². The van der Waals surface area contributed by atoms with E-state index in [2.05, 4.69) is 0 Å². The molecule has 0 unspecified atom stereocenters. The van der Waals surface area contributed by atoms with Gasteiger partial charge in [-0.25, -0.2) is 4.39 Å². The summed E-state index contributed by atoms with van der Waals surface area (Å²) < 4.78 is 13.3. The van der Waals surface area contributed by atoms with Gasteiger partial charge in [0.2, 0.25) is 5.91 Å². The monoisotopic (exact) mass is 348 g/mol. The average molecular weight is 348 g/mol. The molecule has 2 aliphatic rings. The minimum Gasteiger partial charge on any atom is -0.392 e. The predicted molar refractivity (Wildman–Crippen MR) is 91.5 cm³/mol. The van der Waals surface area contributed by atoms with Crippen molar-refractivity contribution in [2.24, 2.45) is 5.41 Å². The van der Waals surface area contributed by atoms with Crippen LogP contribution in [0.5, 0.6) is 0 Å². The number of piperidine rings is 2. The van der Waals surface area contributed by atoms with Crippen LogP contribution in [0.15, 0.2) is 24.3 Å². The largest absolute Gasteiger partial charge is 0.392 e. The second-order valence-electron chi connectivity index (χ2n) is 7.43. The number of carbonyl (C=O) groups excluding carboxylic acids is 2. The second kappa shape index (κ2) is 7.12. The molecule has 2 fully saturated rings. The number of β-amino-alcohol motifs (C(OH)–C–C–N with tert-alkyl or cyclic N) is 1. The van der Waals surface area contributed by atoms with Crippen LogP contribution in [0.2, 0.25) is 0 Å². The topological polar surface area (TPSA) is 60.9 Å². The van der Waals surface area contributed by atoms with E-state index in [1.807, 2.05) is 0 Å². The van der Waals surface area contributed by atoms with E-state index in [0.29, 0.717) is 38.2 Å². The van der Waals surface area contributed by atoms with Crippen LogP contribution in [-0.2, 0) is 4.79 Å². The molecule has 3 rings (SSSR count). The maximum Gasteiger partial charge on any atom is 0.253 e. The fourth-order valence-electron chi connectivity index (χ4n) is 3.98. The van der Waals surface area contributed by atoms with Crippen LogP contribution in [0, 0.1) is 11.2 Å². The summed E-state index contributed by atoms with van der Waals surface area (Å²) in [5.74, 6) is -0.439. The molecule has 1 spiro atoms. The lowest BCUT2D eigenvalue weighted by molar-refractivity contribution is -0.140. The van der Waals surface area contributed by atoms with Crippen LogP contribution in [-0.4, -0.2) is 59.0 Å². The molecule has 2 amide bonds. The van der Waals surface area contributed by atoms with Gasteiger partial charge in [-0.2, -0.15) is 0 Å². The molecule has 2 heterocycles. The van der Waals surface area contributed by atoms with Gasteiger partial charge in [-0.1, -0.05) is 6.07 Å². The third kappa shape index (κ3) is 4.00. The van der Waals surface area contributed by atoms with Gasteiger partial charge < -0.3 is 14.9 Å². The maximum atomic E-state index is 13.3. The summed E-state index contributed by atoms with van der Waals surface area (Å²) in [6.07, 6.45) is 2.47. The first kappa shape index (κ1) is 17.9. The molecule has 1 atom stereocenters. The number of amides is 2. The lowest BCUT2D eigenvalue weighted by atomic mass is 9.72. The standard InChI is InChI=1S/C19H25FN2O3/c1-14(23)12-22-13-19(6-5-17(22)24)7-9-21(10-8-19)18(25)15-3-2-4-16(20)11-15/h2-4,11,14,23H,5-10,12-13H2,1H3/t14-/m1/s1. The summed E-state index contributed by atoms with van der Waals surface area (Å²) in [5.41, 5.74) is 0.409. The zero-order valence-corrected chi connectivity index (χ0v) is 14.6. The Hall–Kier alpha value is -1.95. The van der Waals surface area contributed by atoms with Crippen molar-refractivity contribution >= 4 is 11.8 Å². The Bertz CT molecular complexity index is 654. The van der Waals surface area contributed by atoms with E-state index < -0.39 is 11.9 Å². The lowest BCUT2D eigenvalue weighted by Crippen LogP contribution is -2.53. The van der Waals surface area contributed by atoms with Crippen LogP contribution >= 0.6 is 0 Å². The molecule has 2 saturated heterocycles. The van der Waals surface area contributed by atoms with Crippen molar-refractivity contribution in [1.82, 2.24) is 9.80 Å². The van der Waals surface area contributed by atoms with Crippen LogP contribution < -0.4 is 0 Å². The molecule has 0 aliphatic carbocycles. The molecule has 1 aromatic carbocycles. The maximum absolute atomic E-state index is 13.3. The normalized spacial score (nSPS) is 21.5. The highest BCUT2D eigenvalue weighted by atomic mass is 19.1. The van der Waals surface area contributed by atoms with Gasteiger partial charge >= 0.3 is 0 Å². The number of likely N-dealkylation sites (tertiary alicyclic amines) is 2. The molecule has 5 nitrogen and oxygen atoms in total. The van der Waals surface area contributed by atoms with Gasteiger partial charge in [-0.05, 0) is 49.8 Å². The average Bonchev–Trinajstić information content (AvgIpc) is 2.58. The minimum atomic E-state index is -0.534. The molecule has 2 aliphatic heterocycles. The Balaban J connectivity index is 1.63. The molecular weight excluding hydrogens is 323 g/mol. The highest BCUT2D eigenvalue weighted by molar-refractivity contribution is 5.94. The fourth-order valence-corrected chi connectivity index (χ4v) is 3.98. The summed E-state index contributed by atoms with van der Waals surface area (Å²) in [5, 5.41) is 9.60. The highest BCUT2D eigenvalue weighted by Gasteiger charge is 2.41. The fraction of sp³-hybridized carbons (Fsp3) is 0.579. The first-order valence-electron chi connectivity index (χ1n) is 8.89. The summed E-state index contributed by atoms with van der Waals surface area (Å²) in [6, 6.07) is 5.79. The van der Waals surface area contributed by atoms with Gasteiger partial charge in [-0.15, -0.1) is 0 Å². The van der Waals surface area contributed by atoms with Crippen molar-refractivity contribution in [1.29, 1.82) is 0 Å². The van der Waals surface area contributed by atoms with Crippen molar-refractivity contribution in [3.63, 3.8) is 0 Å². The number of aliphatic hydroxyl groups is 1. The van der Waals surface area contributed by atoms with Gasteiger partial charge in [-0.3, -0.25) is 9.59 Å². The van der Waals surface area contributed by atoms with Crippen molar-refractivity contribution in [2.75, 3.05) is 26.2 Å². The number of nitrogens with zero attached hydrogens (tertiary/aromatic N) is 2. The van der Waals surface area contributed by atoms with E-state index in [4.69, 9.17) is 0 Å². The van der Waals surface area contributed by atoms with Gasteiger partial charge in [0.05, 0.1) is 6.10 Å². The Kier molecular flexibility index (Phi) is 5.08. The minimum absolute atomic E-state index is 0.0293. The van der Waals surface area contributed by atoms with Gasteiger partial charge in [0, 0.05) is 38.2 Å². The van der Waals surface area contributed by atoms with E-state index in [-0.39, 0.29) is 17.2 Å². The van der Waals surface area contributed by atoms with Crippen LogP contribution in [0.25, 0.3) is 0 Å². The number of aliphatic hydroxyl groups excluding tert-OH is 1.